The molecular weight excluding hydrogens is 200 g/mol. The van der Waals surface area contributed by atoms with Crippen LogP contribution in [0.15, 0.2) is 22.9 Å². The summed E-state index contributed by atoms with van der Waals surface area (Å²) >= 11 is 0. The summed E-state index contributed by atoms with van der Waals surface area (Å²) in [5.41, 5.74) is 12.2. The van der Waals surface area contributed by atoms with E-state index in [-0.39, 0.29) is 0 Å². The molecule has 1 aromatic heterocycles. The molecule has 0 aliphatic heterocycles. The highest BCUT2D eigenvalue weighted by Gasteiger charge is 2.19. The highest BCUT2D eigenvalue weighted by molar-refractivity contribution is 5.76. The fourth-order valence-electron chi connectivity index (χ4n) is 2.59. The topological polar surface area (TPSA) is 52.0 Å². The number of hydrogen-bond acceptors (Lipinski definition) is 3. The lowest BCUT2D eigenvalue weighted by Crippen LogP contribution is -1.93. The van der Waals surface area contributed by atoms with E-state index in [1.807, 2.05) is 0 Å². The first-order chi connectivity index (χ1) is 7.77. The van der Waals surface area contributed by atoms with E-state index in [9.17, 15) is 0 Å². The van der Waals surface area contributed by atoms with Gasteiger partial charge in [-0.2, -0.15) is 0 Å². The summed E-state index contributed by atoms with van der Waals surface area (Å²) in [6.45, 7) is 2.17. The Morgan fingerprint density at radius 3 is 2.75 bits per heavy atom. The van der Waals surface area contributed by atoms with E-state index in [1.165, 1.54) is 35.1 Å². The molecule has 1 aliphatic rings. The molecule has 0 amide bonds. The first-order valence-corrected chi connectivity index (χ1v) is 5.59. The minimum absolute atomic E-state index is 0.415. The highest BCUT2D eigenvalue weighted by Crippen LogP contribution is 2.36. The first kappa shape index (κ1) is 9.46. The van der Waals surface area contributed by atoms with Crippen LogP contribution in [0.5, 0.6) is 0 Å². The molecule has 1 heterocycles. The van der Waals surface area contributed by atoms with E-state index in [2.05, 4.69) is 24.2 Å². The van der Waals surface area contributed by atoms with E-state index in [4.69, 9.17) is 10.3 Å². The molecule has 0 saturated carbocycles. The molecule has 1 aliphatic carbocycles. The second-order valence-electron chi connectivity index (χ2n) is 4.34. The average Bonchev–Trinajstić information content (AvgIpc) is 2.88. The van der Waals surface area contributed by atoms with Gasteiger partial charge in [-0.15, -0.1) is 0 Å². The van der Waals surface area contributed by atoms with Gasteiger partial charge >= 0.3 is 0 Å². The summed E-state index contributed by atoms with van der Waals surface area (Å²) < 4.78 is 4.94. The van der Waals surface area contributed by atoms with Gasteiger partial charge in [-0.1, -0.05) is 17.3 Å². The minimum atomic E-state index is 0.415. The van der Waals surface area contributed by atoms with Crippen molar-refractivity contribution < 1.29 is 4.52 Å². The number of aromatic nitrogens is 1. The highest BCUT2D eigenvalue weighted by atomic mass is 16.5. The Morgan fingerprint density at radius 2 is 2.00 bits per heavy atom. The van der Waals surface area contributed by atoms with Gasteiger partial charge in [-0.05, 0) is 48.4 Å². The molecule has 0 radical (unpaired) electrons. The van der Waals surface area contributed by atoms with Crippen molar-refractivity contribution in [3.05, 3.63) is 35.0 Å². The SMILES string of the molecule is Cc1ccc(-c2cnoc2N)c2c1CCC2. The molecule has 3 rings (SSSR count). The van der Waals surface area contributed by atoms with Crippen molar-refractivity contribution in [1.29, 1.82) is 0 Å². The van der Waals surface area contributed by atoms with Gasteiger partial charge in [0.15, 0.2) is 0 Å². The molecule has 2 aromatic rings. The van der Waals surface area contributed by atoms with Crippen molar-refractivity contribution in [1.82, 2.24) is 5.16 Å². The molecular formula is C13H14N2O. The number of anilines is 1. The number of rotatable bonds is 1. The quantitative estimate of drug-likeness (QED) is 0.794. The summed E-state index contributed by atoms with van der Waals surface area (Å²) in [7, 11) is 0. The van der Waals surface area contributed by atoms with E-state index < -0.39 is 0 Å². The lowest BCUT2D eigenvalue weighted by atomic mass is 9.95. The lowest BCUT2D eigenvalue weighted by Gasteiger charge is -2.09. The molecule has 3 heteroatoms. The molecule has 0 saturated heterocycles. The van der Waals surface area contributed by atoms with Gasteiger partial charge in [-0.25, -0.2) is 0 Å². The second-order valence-corrected chi connectivity index (χ2v) is 4.34. The van der Waals surface area contributed by atoms with Gasteiger partial charge < -0.3 is 10.3 Å². The average molecular weight is 214 g/mol. The smallest absolute Gasteiger partial charge is 0.229 e. The fraction of sp³-hybridized carbons (Fsp3) is 0.308. The molecule has 0 spiro atoms. The standard InChI is InChI=1S/C13H14N2O/c1-8-5-6-11(10-4-2-3-9(8)10)12-7-15-16-13(12)14/h5-7H,2-4,14H2,1H3. The number of hydrogen-bond donors (Lipinski definition) is 1. The van der Waals surface area contributed by atoms with Crippen LogP contribution >= 0.6 is 0 Å². The van der Waals surface area contributed by atoms with E-state index in [0.29, 0.717) is 5.88 Å². The fourth-order valence-corrected chi connectivity index (χ4v) is 2.59. The zero-order valence-corrected chi connectivity index (χ0v) is 9.29. The molecule has 0 bridgehead atoms. The van der Waals surface area contributed by atoms with Crippen LogP contribution in [0, 0.1) is 6.92 Å². The van der Waals surface area contributed by atoms with Crippen LogP contribution in [-0.2, 0) is 12.8 Å². The maximum atomic E-state index is 5.78. The van der Waals surface area contributed by atoms with Crippen LogP contribution in [0.3, 0.4) is 0 Å². The van der Waals surface area contributed by atoms with Crippen LogP contribution in [0.2, 0.25) is 0 Å². The van der Waals surface area contributed by atoms with E-state index in [1.54, 1.807) is 6.20 Å². The van der Waals surface area contributed by atoms with Crippen molar-refractivity contribution in [2.24, 2.45) is 0 Å². The van der Waals surface area contributed by atoms with Crippen molar-refractivity contribution in [3.63, 3.8) is 0 Å². The predicted octanol–water partition coefficient (Wildman–Crippen LogP) is 2.72. The summed E-state index contributed by atoms with van der Waals surface area (Å²) in [5, 5.41) is 3.75. The molecule has 0 atom stereocenters. The largest absolute Gasteiger partial charge is 0.367 e. The van der Waals surface area contributed by atoms with Gasteiger partial charge in [0.1, 0.15) is 0 Å². The molecule has 0 fully saturated rings. The normalized spacial score (nSPS) is 14.1. The zero-order valence-electron chi connectivity index (χ0n) is 9.29. The zero-order chi connectivity index (χ0) is 11.1. The Hall–Kier alpha value is -1.77. The first-order valence-electron chi connectivity index (χ1n) is 5.59. The van der Waals surface area contributed by atoms with E-state index in [0.717, 1.165) is 12.0 Å². The molecule has 1 aromatic carbocycles. The predicted molar refractivity (Wildman–Crippen MR) is 63.1 cm³/mol. The number of fused-ring (bicyclic) bond motifs is 1. The number of benzene rings is 1. The number of nitrogens with zero attached hydrogens (tertiary/aromatic N) is 1. The van der Waals surface area contributed by atoms with Crippen LogP contribution in [0.1, 0.15) is 23.1 Å². The summed E-state index contributed by atoms with van der Waals surface area (Å²) in [6.07, 6.45) is 5.26. The summed E-state index contributed by atoms with van der Waals surface area (Å²) in [5.74, 6) is 0.415. The Bertz CT molecular complexity index is 543. The van der Waals surface area contributed by atoms with Crippen LogP contribution < -0.4 is 5.73 Å². The van der Waals surface area contributed by atoms with Crippen molar-refractivity contribution in [2.45, 2.75) is 26.2 Å². The van der Waals surface area contributed by atoms with Crippen LogP contribution in [0.25, 0.3) is 11.1 Å². The Morgan fingerprint density at radius 1 is 1.19 bits per heavy atom. The van der Waals surface area contributed by atoms with Gasteiger partial charge in [-0.3, -0.25) is 0 Å². The van der Waals surface area contributed by atoms with Crippen molar-refractivity contribution >= 4 is 5.88 Å². The van der Waals surface area contributed by atoms with Crippen molar-refractivity contribution in [3.8, 4) is 11.1 Å². The second kappa shape index (κ2) is 3.37. The molecule has 2 N–H and O–H groups in total. The molecule has 3 nitrogen and oxygen atoms in total. The van der Waals surface area contributed by atoms with Crippen molar-refractivity contribution in [2.75, 3.05) is 5.73 Å². The Labute approximate surface area is 94.2 Å². The number of aryl methyl sites for hydroxylation is 1. The Balaban J connectivity index is 2.23. The maximum absolute atomic E-state index is 5.78. The summed E-state index contributed by atoms with van der Waals surface area (Å²) in [4.78, 5) is 0. The van der Waals surface area contributed by atoms with Crippen LogP contribution in [0.4, 0.5) is 5.88 Å². The minimum Gasteiger partial charge on any atom is -0.367 e. The molecule has 82 valence electrons. The van der Waals surface area contributed by atoms with Gasteiger partial charge in [0, 0.05) is 0 Å². The third-order valence-corrected chi connectivity index (χ3v) is 3.41. The lowest BCUT2D eigenvalue weighted by molar-refractivity contribution is 0.436. The van der Waals surface area contributed by atoms with Gasteiger partial charge in [0.05, 0.1) is 11.8 Å². The monoisotopic (exact) mass is 214 g/mol. The number of nitrogens with two attached hydrogens (primary N) is 1. The van der Waals surface area contributed by atoms with Gasteiger partial charge in [0.2, 0.25) is 5.88 Å². The third-order valence-electron chi connectivity index (χ3n) is 3.41. The number of nitrogen functional groups attached to an aromatic ring is 1. The van der Waals surface area contributed by atoms with Crippen LogP contribution in [-0.4, -0.2) is 5.16 Å². The summed E-state index contributed by atoms with van der Waals surface area (Å²) in [6, 6.07) is 4.29. The van der Waals surface area contributed by atoms with Gasteiger partial charge in [0.25, 0.3) is 0 Å². The van der Waals surface area contributed by atoms with E-state index >= 15 is 0 Å². The molecule has 0 unspecified atom stereocenters. The third kappa shape index (κ3) is 1.24. The molecule has 16 heavy (non-hydrogen) atoms. The Kier molecular flexibility index (Phi) is 1.99. The maximum Gasteiger partial charge on any atom is 0.229 e.